The van der Waals surface area contributed by atoms with Crippen LogP contribution in [0.2, 0.25) is 0 Å². The Bertz CT molecular complexity index is 1390. The van der Waals surface area contributed by atoms with Crippen molar-refractivity contribution in [3.63, 3.8) is 0 Å². The molecule has 0 saturated carbocycles. The van der Waals surface area contributed by atoms with Gasteiger partial charge in [0, 0.05) is 61.2 Å². The molecule has 40 heavy (non-hydrogen) atoms. The zero-order valence-electron chi connectivity index (χ0n) is 22.7. The van der Waals surface area contributed by atoms with E-state index in [1.54, 1.807) is 12.1 Å². The number of benzene rings is 2. The largest absolute Gasteiger partial charge is 0.400 e. The van der Waals surface area contributed by atoms with Crippen molar-refractivity contribution in [1.29, 1.82) is 0 Å². The Labute approximate surface area is 232 Å². The Hall–Kier alpha value is -3.60. The van der Waals surface area contributed by atoms with E-state index < -0.39 is 11.8 Å². The van der Waals surface area contributed by atoms with Crippen LogP contribution in [0, 0.1) is 11.8 Å². The van der Waals surface area contributed by atoms with Gasteiger partial charge in [-0.05, 0) is 79.4 Å². The van der Waals surface area contributed by atoms with Gasteiger partial charge in [0.05, 0.1) is 13.2 Å². The van der Waals surface area contributed by atoms with Gasteiger partial charge in [-0.1, -0.05) is 6.07 Å². The lowest BCUT2D eigenvalue weighted by Gasteiger charge is -2.32. The van der Waals surface area contributed by atoms with E-state index in [4.69, 9.17) is 15.6 Å². The second-order valence-electron chi connectivity index (χ2n) is 10.2. The monoisotopic (exact) mass is 551 g/mol. The number of ether oxygens (including phenoxy) is 1. The van der Waals surface area contributed by atoms with Gasteiger partial charge in [0.15, 0.2) is 0 Å². The molecule has 10 heteroatoms. The van der Waals surface area contributed by atoms with Crippen LogP contribution in [-0.4, -0.2) is 73.9 Å². The van der Waals surface area contributed by atoms with Crippen molar-refractivity contribution >= 4 is 17.4 Å². The zero-order chi connectivity index (χ0) is 28.2. The molecule has 3 aliphatic heterocycles. The van der Waals surface area contributed by atoms with Crippen molar-refractivity contribution in [2.24, 2.45) is 0 Å². The van der Waals surface area contributed by atoms with Crippen molar-refractivity contribution in [2.45, 2.75) is 25.8 Å². The summed E-state index contributed by atoms with van der Waals surface area (Å²) in [4.78, 5) is 20.9. The molecule has 0 spiro atoms. The number of hydrogen-bond acceptors (Lipinski definition) is 7. The minimum absolute atomic E-state index is 0.0902. The van der Waals surface area contributed by atoms with Crippen LogP contribution in [0.15, 0.2) is 36.4 Å². The SMILES string of the molecule is CO.Nc1nc(F)c(-c2ccc(N3CCOCC3)c(CN3CCCC3)c2)cc1-c1cc2c(cc1F)C(=O)NCC2. The Balaban J connectivity index is 0.00000158. The first-order valence-corrected chi connectivity index (χ1v) is 13.7. The van der Waals surface area contributed by atoms with Gasteiger partial charge in [-0.2, -0.15) is 4.39 Å². The van der Waals surface area contributed by atoms with E-state index in [-0.39, 0.29) is 22.9 Å². The van der Waals surface area contributed by atoms with Gasteiger partial charge < -0.3 is 25.8 Å². The van der Waals surface area contributed by atoms with Crippen molar-refractivity contribution < 1.29 is 23.4 Å². The molecule has 1 amide bonds. The molecule has 0 unspecified atom stereocenters. The summed E-state index contributed by atoms with van der Waals surface area (Å²) in [6, 6.07) is 10.4. The maximum Gasteiger partial charge on any atom is 0.251 e. The topological polar surface area (TPSA) is 104 Å². The Kier molecular flexibility index (Phi) is 8.58. The molecule has 1 aromatic heterocycles. The number of aromatic nitrogens is 1. The lowest BCUT2D eigenvalue weighted by Crippen LogP contribution is -2.37. The number of carbonyl (C=O) groups is 1. The highest BCUT2D eigenvalue weighted by Gasteiger charge is 2.24. The predicted molar refractivity (Wildman–Crippen MR) is 151 cm³/mol. The van der Waals surface area contributed by atoms with Crippen molar-refractivity contribution in [1.82, 2.24) is 15.2 Å². The standard InChI is InChI=1S/C29H31F2N5O2.CH4O/c30-25-16-22-19(5-6-33-29(22)37)14-23(25)24-15-21(27(31)34-28(24)32)18-3-4-26(36-9-11-38-12-10-36)20(13-18)17-35-7-1-2-8-35;1-2/h3-4,13-16H,1-2,5-12,17H2,(H2,32,34)(H,33,37);2H,1H3. The van der Waals surface area contributed by atoms with E-state index in [0.717, 1.165) is 56.6 Å². The van der Waals surface area contributed by atoms with Crippen LogP contribution in [0.4, 0.5) is 20.3 Å². The minimum atomic E-state index is -0.699. The highest BCUT2D eigenvalue weighted by Crippen LogP contribution is 2.37. The molecule has 2 aromatic carbocycles. The number of nitrogen functional groups attached to an aromatic ring is 1. The van der Waals surface area contributed by atoms with Gasteiger partial charge in [0.25, 0.3) is 5.91 Å². The first kappa shape index (κ1) is 27.9. The van der Waals surface area contributed by atoms with Gasteiger partial charge in [-0.15, -0.1) is 0 Å². The van der Waals surface area contributed by atoms with Crippen LogP contribution < -0.4 is 16.0 Å². The molecule has 4 N–H and O–H groups in total. The number of nitrogens with one attached hydrogen (secondary N) is 1. The fourth-order valence-electron chi connectivity index (χ4n) is 5.74. The average molecular weight is 552 g/mol. The summed E-state index contributed by atoms with van der Waals surface area (Å²) in [7, 11) is 1.00. The number of halogens is 2. The second kappa shape index (κ2) is 12.3. The molecule has 2 saturated heterocycles. The minimum Gasteiger partial charge on any atom is -0.400 e. The molecule has 0 radical (unpaired) electrons. The molecule has 4 heterocycles. The van der Waals surface area contributed by atoms with Crippen LogP contribution in [0.25, 0.3) is 22.3 Å². The predicted octanol–water partition coefficient (Wildman–Crippen LogP) is 3.60. The van der Waals surface area contributed by atoms with E-state index in [0.29, 0.717) is 42.9 Å². The molecule has 8 nitrogen and oxygen atoms in total. The Morgan fingerprint density at radius 3 is 2.48 bits per heavy atom. The molecule has 0 bridgehead atoms. The number of amides is 1. The summed E-state index contributed by atoms with van der Waals surface area (Å²) in [6.45, 7) is 6.33. The highest BCUT2D eigenvalue weighted by atomic mass is 19.1. The fraction of sp³-hybridized carbons (Fsp3) is 0.400. The number of nitrogens with zero attached hydrogens (tertiary/aromatic N) is 3. The van der Waals surface area contributed by atoms with Crippen LogP contribution in [-0.2, 0) is 17.7 Å². The third kappa shape index (κ3) is 5.65. The van der Waals surface area contributed by atoms with Gasteiger partial charge in [0.1, 0.15) is 11.6 Å². The van der Waals surface area contributed by atoms with E-state index in [1.807, 2.05) is 18.2 Å². The molecule has 6 rings (SSSR count). The van der Waals surface area contributed by atoms with Gasteiger partial charge in [0.2, 0.25) is 5.95 Å². The summed E-state index contributed by atoms with van der Waals surface area (Å²) in [6.07, 6.45) is 2.94. The van der Waals surface area contributed by atoms with Crippen molar-refractivity contribution in [3.05, 3.63) is 64.9 Å². The summed E-state index contributed by atoms with van der Waals surface area (Å²) >= 11 is 0. The normalized spacial score (nSPS) is 17.2. The van der Waals surface area contributed by atoms with E-state index >= 15 is 8.78 Å². The Morgan fingerprint density at radius 2 is 1.73 bits per heavy atom. The number of carbonyl (C=O) groups excluding carboxylic acids is 1. The van der Waals surface area contributed by atoms with E-state index in [2.05, 4.69) is 20.1 Å². The quantitative estimate of drug-likeness (QED) is 0.417. The van der Waals surface area contributed by atoms with Crippen LogP contribution in [0.5, 0.6) is 0 Å². The number of likely N-dealkylation sites (tertiary alicyclic amines) is 1. The molecule has 0 aliphatic carbocycles. The molecule has 0 atom stereocenters. The fourth-order valence-corrected chi connectivity index (χ4v) is 5.74. The zero-order valence-corrected chi connectivity index (χ0v) is 22.7. The maximum absolute atomic E-state index is 15.3. The number of rotatable bonds is 5. The number of fused-ring (bicyclic) bond motifs is 1. The number of aliphatic hydroxyl groups excluding tert-OH is 1. The number of nitrogens with two attached hydrogens (primary N) is 1. The Morgan fingerprint density at radius 1 is 0.975 bits per heavy atom. The van der Waals surface area contributed by atoms with E-state index in [9.17, 15) is 4.79 Å². The average Bonchev–Trinajstić information content (AvgIpc) is 3.48. The molecular formula is C30H35F2N5O3. The molecule has 3 aromatic rings. The van der Waals surface area contributed by atoms with Crippen LogP contribution >= 0.6 is 0 Å². The van der Waals surface area contributed by atoms with Crippen LogP contribution in [0.1, 0.15) is 34.3 Å². The lowest BCUT2D eigenvalue weighted by atomic mass is 9.93. The maximum atomic E-state index is 15.3. The van der Waals surface area contributed by atoms with Gasteiger partial charge >= 0.3 is 0 Å². The first-order valence-electron chi connectivity index (χ1n) is 13.7. The van der Waals surface area contributed by atoms with Gasteiger partial charge in [-0.25, -0.2) is 9.37 Å². The third-order valence-electron chi connectivity index (χ3n) is 7.75. The number of aliphatic hydroxyl groups is 1. The first-order chi connectivity index (χ1) is 19.5. The third-order valence-corrected chi connectivity index (χ3v) is 7.75. The summed E-state index contributed by atoms with van der Waals surface area (Å²) in [5.74, 6) is -1.68. The summed E-state index contributed by atoms with van der Waals surface area (Å²) < 4.78 is 36.0. The van der Waals surface area contributed by atoms with Crippen LogP contribution in [0.3, 0.4) is 0 Å². The lowest BCUT2D eigenvalue weighted by molar-refractivity contribution is 0.0945. The molecule has 2 fully saturated rings. The summed E-state index contributed by atoms with van der Waals surface area (Å²) in [5.41, 5.74) is 10.9. The highest BCUT2D eigenvalue weighted by molar-refractivity contribution is 5.97. The number of pyridine rings is 1. The van der Waals surface area contributed by atoms with Crippen molar-refractivity contribution in [2.75, 3.05) is 63.7 Å². The van der Waals surface area contributed by atoms with E-state index in [1.165, 1.54) is 18.9 Å². The number of hydrogen-bond donors (Lipinski definition) is 3. The molecule has 212 valence electrons. The van der Waals surface area contributed by atoms with Gasteiger partial charge in [-0.3, -0.25) is 9.69 Å². The second-order valence-corrected chi connectivity index (χ2v) is 10.2. The number of anilines is 2. The van der Waals surface area contributed by atoms with Crippen molar-refractivity contribution in [3.8, 4) is 22.3 Å². The molecular weight excluding hydrogens is 516 g/mol. The summed E-state index contributed by atoms with van der Waals surface area (Å²) in [5, 5.41) is 9.73. The smallest absolute Gasteiger partial charge is 0.251 e. The molecule has 3 aliphatic rings. The number of morpholine rings is 1.